The number of nitrogens with zero attached hydrogens (tertiary/aromatic N) is 1. The zero-order valence-corrected chi connectivity index (χ0v) is 3.88. The molecule has 0 spiro atoms. The second-order valence-corrected chi connectivity index (χ2v) is 2.09. The third kappa shape index (κ3) is 0.453. The summed E-state index contributed by atoms with van der Waals surface area (Å²) in [5, 5.41) is 1.23. The van der Waals surface area contributed by atoms with Crippen LogP contribution in [0.5, 0.6) is 0 Å². The standard InChI is InChI=1S/C3H5NS/c1-3-4-2-5-3/h2H2,1H3. The average Bonchev–Trinajstić information content (AvgIpc) is 1.30. The van der Waals surface area contributed by atoms with Crippen LogP contribution in [0, 0.1) is 0 Å². The fraction of sp³-hybridized carbons (Fsp3) is 0.667. The molecule has 0 aromatic rings. The molecule has 0 amide bonds. The van der Waals surface area contributed by atoms with Gasteiger partial charge in [0.1, 0.15) is 0 Å². The van der Waals surface area contributed by atoms with Crippen molar-refractivity contribution in [1.29, 1.82) is 0 Å². The van der Waals surface area contributed by atoms with Crippen LogP contribution in [-0.4, -0.2) is 10.9 Å². The normalized spacial score (nSPS) is 20.6. The lowest BCUT2D eigenvalue weighted by atomic mass is 10.9. The van der Waals surface area contributed by atoms with Gasteiger partial charge in [-0.3, -0.25) is 4.99 Å². The smallest absolute Gasteiger partial charge is 0.0910 e. The average molecular weight is 87.1 g/mol. The molecule has 0 bridgehead atoms. The molecule has 0 unspecified atom stereocenters. The summed E-state index contributed by atoms with van der Waals surface area (Å²) in [5.74, 6) is 0.992. The lowest BCUT2D eigenvalue weighted by molar-refractivity contribution is 1.35. The molecule has 0 atom stereocenters. The molecule has 1 heterocycles. The first kappa shape index (κ1) is 3.22. The number of rotatable bonds is 0. The van der Waals surface area contributed by atoms with E-state index < -0.39 is 0 Å². The summed E-state index contributed by atoms with van der Waals surface area (Å²) in [6, 6.07) is 0. The zero-order valence-electron chi connectivity index (χ0n) is 3.06. The van der Waals surface area contributed by atoms with E-state index in [2.05, 4.69) is 4.99 Å². The SMILES string of the molecule is CC1=NCS1. The van der Waals surface area contributed by atoms with E-state index in [1.165, 1.54) is 5.04 Å². The van der Waals surface area contributed by atoms with Gasteiger partial charge >= 0.3 is 0 Å². The second-order valence-electron chi connectivity index (χ2n) is 0.951. The molecule has 1 rings (SSSR count). The molecule has 2 heteroatoms. The minimum Gasteiger partial charge on any atom is -0.272 e. The highest BCUT2D eigenvalue weighted by atomic mass is 32.2. The molecule has 0 aliphatic carbocycles. The van der Waals surface area contributed by atoms with Crippen LogP contribution in [-0.2, 0) is 0 Å². The zero-order chi connectivity index (χ0) is 3.70. The molecule has 0 fully saturated rings. The van der Waals surface area contributed by atoms with Crippen molar-refractivity contribution in [1.82, 2.24) is 0 Å². The minimum absolute atomic E-state index is 0.992. The van der Waals surface area contributed by atoms with Crippen molar-refractivity contribution >= 4 is 16.8 Å². The van der Waals surface area contributed by atoms with Crippen molar-refractivity contribution in [3.63, 3.8) is 0 Å². The van der Waals surface area contributed by atoms with E-state index in [1.54, 1.807) is 0 Å². The molecule has 0 N–H and O–H groups in total. The molecule has 0 radical (unpaired) electrons. The van der Waals surface area contributed by atoms with E-state index >= 15 is 0 Å². The molecular weight excluding hydrogens is 82.1 g/mol. The minimum atomic E-state index is 0.992. The van der Waals surface area contributed by atoms with Crippen LogP contribution in [0.2, 0.25) is 0 Å². The first-order chi connectivity index (χ1) is 2.39. The van der Waals surface area contributed by atoms with E-state index in [0.717, 1.165) is 5.88 Å². The van der Waals surface area contributed by atoms with E-state index in [1.807, 2.05) is 18.7 Å². The topological polar surface area (TPSA) is 12.4 Å². The van der Waals surface area contributed by atoms with Gasteiger partial charge in [-0.2, -0.15) is 0 Å². The third-order valence-corrected chi connectivity index (χ3v) is 1.37. The maximum atomic E-state index is 3.95. The van der Waals surface area contributed by atoms with Gasteiger partial charge in [-0.05, 0) is 6.92 Å². The summed E-state index contributed by atoms with van der Waals surface area (Å²) in [4.78, 5) is 3.95. The quantitative estimate of drug-likeness (QED) is 0.431. The van der Waals surface area contributed by atoms with Gasteiger partial charge in [0.15, 0.2) is 0 Å². The fourth-order valence-corrected chi connectivity index (χ4v) is 0.581. The van der Waals surface area contributed by atoms with Crippen molar-refractivity contribution in [3.8, 4) is 0 Å². The Morgan fingerprint density at radius 3 is 2.40 bits per heavy atom. The molecule has 0 aromatic carbocycles. The van der Waals surface area contributed by atoms with Gasteiger partial charge in [-0.1, -0.05) is 11.8 Å². The molecule has 1 aliphatic heterocycles. The maximum absolute atomic E-state index is 3.95. The predicted molar refractivity (Wildman–Crippen MR) is 25.6 cm³/mol. The van der Waals surface area contributed by atoms with Crippen LogP contribution in [0.15, 0.2) is 4.99 Å². The van der Waals surface area contributed by atoms with Gasteiger partial charge in [0.2, 0.25) is 0 Å². The van der Waals surface area contributed by atoms with Crippen molar-refractivity contribution in [2.75, 3.05) is 5.88 Å². The van der Waals surface area contributed by atoms with E-state index in [0.29, 0.717) is 0 Å². The largest absolute Gasteiger partial charge is 0.272 e. The van der Waals surface area contributed by atoms with Gasteiger partial charge in [-0.15, -0.1) is 0 Å². The maximum Gasteiger partial charge on any atom is 0.0910 e. The highest BCUT2D eigenvalue weighted by Gasteiger charge is 1.97. The Balaban J connectivity index is 2.51. The Morgan fingerprint density at radius 1 is 2.00 bits per heavy atom. The van der Waals surface area contributed by atoms with E-state index in [-0.39, 0.29) is 0 Å². The Hall–Kier alpha value is 0.0200. The van der Waals surface area contributed by atoms with Gasteiger partial charge in [0.05, 0.1) is 10.9 Å². The molecule has 1 aliphatic rings. The molecule has 5 heavy (non-hydrogen) atoms. The van der Waals surface area contributed by atoms with E-state index in [4.69, 9.17) is 0 Å². The lowest BCUT2D eigenvalue weighted by Crippen LogP contribution is -1.95. The summed E-state index contributed by atoms with van der Waals surface area (Å²) in [7, 11) is 0. The Morgan fingerprint density at radius 2 is 2.40 bits per heavy atom. The second kappa shape index (κ2) is 1.01. The van der Waals surface area contributed by atoms with Crippen molar-refractivity contribution in [2.24, 2.45) is 4.99 Å². The predicted octanol–water partition coefficient (Wildman–Crippen LogP) is 1.11. The molecule has 28 valence electrons. The summed E-state index contributed by atoms with van der Waals surface area (Å²) >= 11 is 1.81. The Kier molecular flexibility index (Phi) is 0.651. The fourth-order valence-electron chi connectivity index (χ4n) is 0.194. The number of hydrogen-bond donors (Lipinski definition) is 0. The third-order valence-electron chi connectivity index (χ3n) is 0.561. The van der Waals surface area contributed by atoms with Gasteiger partial charge in [0.25, 0.3) is 0 Å². The lowest BCUT2D eigenvalue weighted by Gasteiger charge is -2.03. The first-order valence-electron chi connectivity index (χ1n) is 1.53. The van der Waals surface area contributed by atoms with Crippen LogP contribution < -0.4 is 0 Å². The molecule has 0 saturated carbocycles. The van der Waals surface area contributed by atoms with Gasteiger partial charge < -0.3 is 0 Å². The monoisotopic (exact) mass is 87.0 g/mol. The van der Waals surface area contributed by atoms with Crippen molar-refractivity contribution in [2.45, 2.75) is 6.92 Å². The van der Waals surface area contributed by atoms with Gasteiger partial charge in [-0.25, -0.2) is 0 Å². The molecule has 0 aromatic heterocycles. The summed E-state index contributed by atoms with van der Waals surface area (Å²) in [6.07, 6.45) is 0. The summed E-state index contributed by atoms with van der Waals surface area (Å²) in [5.41, 5.74) is 0. The van der Waals surface area contributed by atoms with Crippen LogP contribution in [0.3, 0.4) is 0 Å². The van der Waals surface area contributed by atoms with Crippen LogP contribution >= 0.6 is 11.8 Å². The van der Waals surface area contributed by atoms with Crippen LogP contribution in [0.4, 0.5) is 0 Å². The number of thioether (sulfide) groups is 1. The summed E-state index contributed by atoms with van der Waals surface area (Å²) < 4.78 is 0. The number of aliphatic imine (C=N–C) groups is 1. The first-order valence-corrected chi connectivity index (χ1v) is 2.52. The van der Waals surface area contributed by atoms with E-state index in [9.17, 15) is 0 Å². The highest BCUT2D eigenvalue weighted by molar-refractivity contribution is 8.15. The molecular formula is C3H5NS. The van der Waals surface area contributed by atoms with Gasteiger partial charge in [0, 0.05) is 0 Å². The Bertz CT molecular complexity index is 67.3. The highest BCUT2D eigenvalue weighted by Crippen LogP contribution is 2.12. The molecule has 0 saturated heterocycles. The number of hydrogen-bond acceptors (Lipinski definition) is 2. The van der Waals surface area contributed by atoms with Crippen LogP contribution in [0.1, 0.15) is 6.92 Å². The molecule has 1 nitrogen and oxygen atoms in total. The summed E-state index contributed by atoms with van der Waals surface area (Å²) in [6.45, 7) is 2.02. The van der Waals surface area contributed by atoms with Crippen LogP contribution in [0.25, 0.3) is 0 Å². The van der Waals surface area contributed by atoms with Crippen molar-refractivity contribution in [3.05, 3.63) is 0 Å². The van der Waals surface area contributed by atoms with Crippen molar-refractivity contribution < 1.29 is 0 Å². The Labute approximate surface area is 35.5 Å².